The van der Waals surface area contributed by atoms with E-state index in [-0.39, 0.29) is 11.3 Å². The van der Waals surface area contributed by atoms with Gasteiger partial charge in [-0.2, -0.15) is 4.39 Å². The maximum Gasteiger partial charge on any atom is 0.201 e. The van der Waals surface area contributed by atoms with E-state index in [0.29, 0.717) is 40.8 Å². The van der Waals surface area contributed by atoms with Crippen molar-refractivity contribution < 1.29 is 17.9 Å². The van der Waals surface area contributed by atoms with Gasteiger partial charge in [-0.15, -0.1) is 0 Å². The number of allylic oxidation sites excluding steroid dienone is 2. The van der Waals surface area contributed by atoms with E-state index in [1.165, 1.54) is 37.3 Å². The molecule has 1 aliphatic carbocycles. The summed E-state index contributed by atoms with van der Waals surface area (Å²) in [5.74, 6) is -1.20. The van der Waals surface area contributed by atoms with Gasteiger partial charge in [0, 0.05) is 11.7 Å². The van der Waals surface area contributed by atoms with Gasteiger partial charge in [-0.3, -0.25) is 0 Å². The number of ether oxygens (including phenoxy) is 1. The highest BCUT2D eigenvalue weighted by Gasteiger charge is 2.46. The first-order chi connectivity index (χ1) is 18.1. The average Bonchev–Trinajstić information content (AvgIpc) is 2.89. The van der Waals surface area contributed by atoms with Gasteiger partial charge in [0.25, 0.3) is 0 Å². The smallest absolute Gasteiger partial charge is 0.201 e. The molecule has 0 heterocycles. The second-order valence-corrected chi connectivity index (χ2v) is 17.2. The predicted molar refractivity (Wildman–Crippen MR) is 158 cm³/mol. The van der Waals surface area contributed by atoms with Crippen molar-refractivity contribution in [3.63, 3.8) is 0 Å². The van der Waals surface area contributed by atoms with Gasteiger partial charge in [-0.05, 0) is 91.2 Å². The largest absolute Gasteiger partial charge is 0.491 e. The molecule has 0 aromatic heterocycles. The van der Waals surface area contributed by atoms with Crippen LogP contribution in [0.3, 0.4) is 0 Å². The molecule has 0 radical (unpaired) electrons. The number of benzene rings is 2. The van der Waals surface area contributed by atoms with E-state index in [1.54, 1.807) is 13.0 Å². The summed E-state index contributed by atoms with van der Waals surface area (Å²) < 4.78 is 41.0. The molecule has 2 aromatic rings. The number of hydrogen-bond acceptors (Lipinski definition) is 2. The Hall–Kier alpha value is -1.98. The van der Waals surface area contributed by atoms with E-state index >= 15 is 0 Å². The van der Waals surface area contributed by atoms with Gasteiger partial charge in [0.1, 0.15) is 0 Å². The third-order valence-corrected chi connectivity index (χ3v) is 14.6. The Morgan fingerprint density at radius 3 is 2.00 bits per heavy atom. The fraction of sp³-hybridized carbons (Fsp3) is 0.576. The van der Waals surface area contributed by atoms with Crippen molar-refractivity contribution in [3.8, 4) is 16.9 Å². The number of aryl methyl sites for hydroxylation is 1. The lowest BCUT2D eigenvalue weighted by molar-refractivity contribution is 0.120. The highest BCUT2D eigenvalue weighted by molar-refractivity contribution is 6.77. The predicted octanol–water partition coefficient (Wildman–Crippen LogP) is 10.3. The number of halogens is 2. The van der Waals surface area contributed by atoms with Gasteiger partial charge in [-0.1, -0.05) is 78.0 Å². The molecule has 1 saturated carbocycles. The maximum absolute atomic E-state index is 14.5. The fourth-order valence-corrected chi connectivity index (χ4v) is 12.1. The summed E-state index contributed by atoms with van der Waals surface area (Å²) in [6.45, 7) is 16.2. The summed E-state index contributed by atoms with van der Waals surface area (Å²) in [5.41, 5.74) is 4.02. The highest BCUT2D eigenvalue weighted by atomic mass is 28.4. The number of hydrogen-bond donors (Lipinski definition) is 0. The van der Waals surface area contributed by atoms with Crippen molar-refractivity contribution in [2.45, 2.75) is 110 Å². The molecule has 0 atom stereocenters. The summed E-state index contributed by atoms with van der Waals surface area (Å²) in [5, 5.41) is 0. The Balaban J connectivity index is 1.49. The van der Waals surface area contributed by atoms with Crippen molar-refractivity contribution in [1.29, 1.82) is 0 Å². The normalized spacial score (nSPS) is 18.7. The van der Waals surface area contributed by atoms with E-state index in [9.17, 15) is 8.78 Å². The van der Waals surface area contributed by atoms with Crippen LogP contribution in [0, 0.1) is 17.6 Å². The van der Waals surface area contributed by atoms with Gasteiger partial charge in [-0.25, -0.2) is 4.39 Å². The van der Waals surface area contributed by atoms with Crippen LogP contribution in [0.2, 0.25) is 16.6 Å². The van der Waals surface area contributed by atoms with Crippen LogP contribution in [-0.2, 0) is 10.8 Å². The standard InChI is InChI=1S/C33H48F2O2Si/c1-8-36-31-22-21-30(32(34)33(31)35)28-17-13-26(14-18-28)11-9-10-12-27-15-19-29(20-16-27)37-38(23(2)3,24(4)5)25(6)7/h10,12-14,17-18,21-25,27,29H,8-9,11,15-16,19-20H2,1-7H3/b12-10+. The maximum atomic E-state index is 14.5. The first-order valence-corrected chi connectivity index (χ1v) is 16.8. The average molecular weight is 543 g/mol. The molecule has 1 aliphatic rings. The summed E-state index contributed by atoms with van der Waals surface area (Å²) in [7, 11) is -1.81. The van der Waals surface area contributed by atoms with Crippen LogP contribution in [0.25, 0.3) is 11.1 Å². The van der Waals surface area contributed by atoms with Crippen molar-refractivity contribution in [2.24, 2.45) is 5.92 Å². The molecule has 38 heavy (non-hydrogen) atoms. The van der Waals surface area contributed by atoms with Gasteiger partial charge in [0.2, 0.25) is 14.1 Å². The van der Waals surface area contributed by atoms with E-state index in [1.807, 2.05) is 24.3 Å². The van der Waals surface area contributed by atoms with Crippen LogP contribution < -0.4 is 4.74 Å². The summed E-state index contributed by atoms with van der Waals surface area (Å²) in [6, 6.07) is 10.8. The van der Waals surface area contributed by atoms with Crippen molar-refractivity contribution in [1.82, 2.24) is 0 Å². The third kappa shape index (κ3) is 7.15. The molecule has 0 amide bonds. The zero-order valence-corrected chi connectivity index (χ0v) is 25.5. The Bertz CT molecular complexity index is 1020. The molecule has 0 unspecified atom stereocenters. The quantitative estimate of drug-likeness (QED) is 0.196. The molecule has 0 bridgehead atoms. The molecule has 210 valence electrons. The Morgan fingerprint density at radius 1 is 0.842 bits per heavy atom. The molecule has 0 N–H and O–H groups in total. The third-order valence-electron chi connectivity index (χ3n) is 8.42. The van der Waals surface area contributed by atoms with E-state index in [0.717, 1.165) is 12.8 Å². The van der Waals surface area contributed by atoms with Gasteiger partial charge in [0.05, 0.1) is 6.61 Å². The highest BCUT2D eigenvalue weighted by Crippen LogP contribution is 2.44. The Labute approximate surface area is 231 Å². The second-order valence-electron chi connectivity index (χ2n) is 11.8. The Kier molecular flexibility index (Phi) is 11.2. The summed E-state index contributed by atoms with van der Waals surface area (Å²) in [4.78, 5) is 0. The van der Waals surface area contributed by atoms with Crippen LogP contribution in [0.5, 0.6) is 5.75 Å². The molecule has 2 aromatic carbocycles. The number of rotatable bonds is 12. The summed E-state index contributed by atoms with van der Waals surface area (Å²) >= 11 is 0. The molecule has 2 nitrogen and oxygen atoms in total. The monoisotopic (exact) mass is 542 g/mol. The van der Waals surface area contributed by atoms with Crippen LogP contribution in [0.15, 0.2) is 48.6 Å². The minimum Gasteiger partial charge on any atom is -0.491 e. The van der Waals surface area contributed by atoms with Gasteiger partial charge < -0.3 is 9.16 Å². The van der Waals surface area contributed by atoms with Crippen LogP contribution in [0.1, 0.15) is 86.1 Å². The fourth-order valence-electron chi connectivity index (χ4n) is 6.51. The van der Waals surface area contributed by atoms with Crippen LogP contribution in [0.4, 0.5) is 8.78 Å². The minimum atomic E-state index is -1.81. The Morgan fingerprint density at radius 2 is 1.45 bits per heavy atom. The van der Waals surface area contributed by atoms with Gasteiger partial charge >= 0.3 is 0 Å². The minimum absolute atomic E-state index is 0.0465. The lowest BCUT2D eigenvalue weighted by Crippen LogP contribution is -2.50. The molecule has 5 heteroatoms. The van der Waals surface area contributed by atoms with Crippen LogP contribution in [-0.4, -0.2) is 21.0 Å². The molecule has 3 rings (SSSR count). The van der Waals surface area contributed by atoms with Crippen molar-refractivity contribution in [3.05, 3.63) is 65.7 Å². The summed E-state index contributed by atoms with van der Waals surface area (Å²) in [6.07, 6.45) is 11.8. The van der Waals surface area contributed by atoms with Crippen molar-refractivity contribution >= 4 is 8.32 Å². The first-order valence-electron chi connectivity index (χ1n) is 14.6. The molecule has 0 saturated heterocycles. The molecule has 1 fully saturated rings. The SMILES string of the molecule is CCOc1ccc(-c2ccc(CC/C=C/C3CCC(O[Si](C(C)C)(C(C)C)C(C)C)CC3)cc2)c(F)c1F. The lowest BCUT2D eigenvalue weighted by atomic mass is 9.87. The second kappa shape index (κ2) is 13.9. The molecular formula is C33H48F2O2Si. The van der Waals surface area contributed by atoms with Crippen molar-refractivity contribution in [2.75, 3.05) is 6.61 Å². The van der Waals surface area contributed by atoms with Crippen LogP contribution >= 0.6 is 0 Å². The zero-order chi connectivity index (χ0) is 27.9. The van der Waals surface area contributed by atoms with Gasteiger partial charge in [0.15, 0.2) is 11.6 Å². The lowest BCUT2D eigenvalue weighted by Gasteiger charge is -2.45. The van der Waals surface area contributed by atoms with E-state index in [2.05, 4.69) is 53.7 Å². The molecule has 0 aliphatic heterocycles. The first kappa shape index (κ1) is 30.6. The zero-order valence-electron chi connectivity index (χ0n) is 24.5. The van der Waals surface area contributed by atoms with E-state index in [4.69, 9.17) is 9.16 Å². The molecule has 0 spiro atoms. The van der Waals surface area contributed by atoms with E-state index < -0.39 is 20.0 Å². The topological polar surface area (TPSA) is 18.5 Å². The molecular weight excluding hydrogens is 494 g/mol.